The number of hydrogen-bond acceptors (Lipinski definition) is 2. The molecule has 1 aliphatic rings. The molecule has 0 atom stereocenters. The number of nitrogen functional groups attached to an aromatic ring is 1. The van der Waals surface area contributed by atoms with E-state index >= 15 is 0 Å². The van der Waals surface area contributed by atoms with Crippen LogP contribution in [-0.2, 0) is 19.0 Å². The van der Waals surface area contributed by atoms with Crippen LogP contribution in [0.2, 0.25) is 0 Å². The second kappa shape index (κ2) is 18.1. The number of rotatable bonds is 6. The van der Waals surface area contributed by atoms with Crippen LogP contribution < -0.4 is 11.5 Å². The molecule has 5 N–H and O–H groups in total. The van der Waals surface area contributed by atoms with Crippen molar-refractivity contribution in [2.24, 2.45) is 18.5 Å². The lowest BCUT2D eigenvalue weighted by molar-refractivity contribution is 0.769. The zero-order valence-electron chi connectivity index (χ0n) is 38.4. The number of hydrogen-bond donors (Lipinski definition) is 3. The van der Waals surface area contributed by atoms with Crippen LogP contribution in [-0.4, -0.2) is 15.0 Å². The van der Waals surface area contributed by atoms with Crippen LogP contribution in [0.1, 0.15) is 33.4 Å². The fourth-order valence-corrected chi connectivity index (χ4v) is 10.7. The molecule has 0 unspecified atom stereocenters. The van der Waals surface area contributed by atoms with Crippen molar-refractivity contribution in [1.82, 2.24) is 9.13 Å². The molecule has 10 aromatic carbocycles. The van der Waals surface area contributed by atoms with E-state index in [1.54, 1.807) is 0 Å². The first-order chi connectivity index (χ1) is 34.0. The van der Waals surface area contributed by atoms with Crippen molar-refractivity contribution in [3.05, 3.63) is 282 Å². The van der Waals surface area contributed by atoms with Gasteiger partial charge in [-0.15, -0.1) is 0 Å². The molecule has 13 rings (SSSR count). The van der Waals surface area contributed by atoms with E-state index in [1.807, 2.05) is 60.7 Å². The van der Waals surface area contributed by atoms with Crippen LogP contribution in [0.3, 0.4) is 0 Å². The SMILES string of the molecule is Cn1c2ccccc2c2c3c(cc(-c4ccc5c(c4)c4ccccc4n5-c4ccccc4)c21)C(c1ccccc1)(c1ccccc1)c1ccccc1-3.N=C(N)c1ccccc1.NCc1ccccc1. The summed E-state index contributed by atoms with van der Waals surface area (Å²) < 4.78 is 4.82. The Kier molecular flexibility index (Phi) is 11.3. The van der Waals surface area contributed by atoms with Crippen LogP contribution in [0, 0.1) is 5.41 Å². The standard InChI is InChI=1S/C50H34N2.C7H8N2.C7H9N/c1-51-44-27-15-13-25-39(44)48-47-38-24-11-14-26-42(38)50(34-17-5-2-6-18-34,35-19-7-3-8-20-35)43(47)32-40(49(48)51)33-29-30-46-41(31-33)37-23-12-16-28-45(37)52(46)36-21-9-4-10-22-36;8-7(9)6-4-2-1-3-5-6;8-6-7-4-2-1-3-5-7/h2-32H,1H3;1-5H,(H3,8,9);1-5H,6,8H2. The van der Waals surface area contributed by atoms with Crippen molar-refractivity contribution in [3.63, 3.8) is 0 Å². The van der Waals surface area contributed by atoms with Crippen molar-refractivity contribution < 1.29 is 0 Å². The van der Waals surface area contributed by atoms with Gasteiger partial charge in [0.1, 0.15) is 5.84 Å². The van der Waals surface area contributed by atoms with E-state index < -0.39 is 5.41 Å². The Bertz CT molecular complexity index is 3740. The van der Waals surface area contributed by atoms with E-state index in [0.717, 1.165) is 5.56 Å². The molecular weight excluding hydrogens is 839 g/mol. The molecule has 0 bridgehead atoms. The van der Waals surface area contributed by atoms with Crippen molar-refractivity contribution in [1.29, 1.82) is 5.41 Å². The van der Waals surface area contributed by atoms with Gasteiger partial charge in [0.05, 0.1) is 22.0 Å². The van der Waals surface area contributed by atoms with Crippen molar-refractivity contribution >= 4 is 49.4 Å². The maximum atomic E-state index is 7.01. The van der Waals surface area contributed by atoms with Crippen LogP contribution in [0.5, 0.6) is 0 Å². The number of nitrogens with one attached hydrogen (secondary N) is 1. The third kappa shape index (κ3) is 7.28. The molecule has 2 aromatic heterocycles. The number of amidine groups is 1. The molecule has 5 nitrogen and oxygen atoms in total. The average molecular weight is 890 g/mol. The molecule has 5 heteroatoms. The lowest BCUT2D eigenvalue weighted by Gasteiger charge is -2.34. The minimum absolute atomic E-state index is 0.121. The topological polar surface area (TPSA) is 85.8 Å². The molecule has 0 spiro atoms. The maximum absolute atomic E-state index is 7.01. The predicted molar refractivity (Wildman–Crippen MR) is 289 cm³/mol. The zero-order valence-corrected chi connectivity index (χ0v) is 38.4. The van der Waals surface area contributed by atoms with Gasteiger partial charge in [0.15, 0.2) is 0 Å². The fraction of sp³-hybridized carbons (Fsp3) is 0.0469. The molecule has 1 aliphatic carbocycles. The molecule has 0 radical (unpaired) electrons. The highest BCUT2D eigenvalue weighted by Gasteiger charge is 2.47. The highest BCUT2D eigenvalue weighted by molar-refractivity contribution is 6.22. The fourth-order valence-electron chi connectivity index (χ4n) is 10.7. The Balaban J connectivity index is 0.000000259. The molecule has 2 heterocycles. The summed E-state index contributed by atoms with van der Waals surface area (Å²) in [6, 6.07) is 88.7. The van der Waals surface area contributed by atoms with E-state index in [1.165, 1.54) is 99.4 Å². The minimum atomic E-state index is -0.498. The summed E-state index contributed by atoms with van der Waals surface area (Å²) in [5.41, 5.74) is 28.4. The largest absolute Gasteiger partial charge is 0.384 e. The minimum Gasteiger partial charge on any atom is -0.384 e. The van der Waals surface area contributed by atoms with Gasteiger partial charge in [-0.25, -0.2) is 0 Å². The van der Waals surface area contributed by atoms with Gasteiger partial charge in [-0.1, -0.05) is 206 Å². The van der Waals surface area contributed by atoms with E-state index in [2.05, 4.69) is 204 Å². The van der Waals surface area contributed by atoms with Gasteiger partial charge >= 0.3 is 0 Å². The molecule has 0 saturated heterocycles. The van der Waals surface area contributed by atoms with Gasteiger partial charge < -0.3 is 20.6 Å². The molecule has 0 amide bonds. The number of aryl methyl sites for hydroxylation is 1. The van der Waals surface area contributed by atoms with E-state index in [-0.39, 0.29) is 5.84 Å². The van der Waals surface area contributed by atoms with Gasteiger partial charge in [0, 0.05) is 57.5 Å². The molecule has 69 heavy (non-hydrogen) atoms. The van der Waals surface area contributed by atoms with Crippen LogP contribution in [0.25, 0.3) is 71.6 Å². The second-order valence-corrected chi connectivity index (χ2v) is 17.6. The van der Waals surface area contributed by atoms with Crippen LogP contribution >= 0.6 is 0 Å². The quantitative estimate of drug-likeness (QED) is 0.115. The summed E-state index contributed by atoms with van der Waals surface area (Å²) in [4.78, 5) is 0. The van der Waals surface area contributed by atoms with E-state index in [9.17, 15) is 0 Å². The summed E-state index contributed by atoms with van der Waals surface area (Å²) in [5, 5.41) is 12.1. The predicted octanol–water partition coefficient (Wildman–Crippen LogP) is 14.6. The number of para-hydroxylation sites is 3. The number of aromatic nitrogens is 2. The zero-order chi connectivity index (χ0) is 46.9. The van der Waals surface area contributed by atoms with Crippen LogP contribution in [0.4, 0.5) is 0 Å². The Morgan fingerprint density at radius 2 is 1.00 bits per heavy atom. The first-order valence-electron chi connectivity index (χ1n) is 23.5. The number of nitrogens with two attached hydrogens (primary N) is 2. The summed E-state index contributed by atoms with van der Waals surface area (Å²) in [6.07, 6.45) is 0. The van der Waals surface area contributed by atoms with Crippen molar-refractivity contribution in [3.8, 4) is 27.9 Å². The molecule has 332 valence electrons. The average Bonchev–Trinajstić information content (AvgIpc) is 4.03. The van der Waals surface area contributed by atoms with Crippen molar-refractivity contribution in [2.75, 3.05) is 0 Å². The molecular formula is C64H51N5. The third-order valence-electron chi connectivity index (χ3n) is 13.7. The number of fused-ring (bicyclic) bond motifs is 10. The summed E-state index contributed by atoms with van der Waals surface area (Å²) in [6.45, 7) is 0.640. The van der Waals surface area contributed by atoms with Crippen LogP contribution in [0.15, 0.2) is 249 Å². The number of nitrogens with zero attached hydrogens (tertiary/aromatic N) is 2. The lowest BCUT2D eigenvalue weighted by Crippen LogP contribution is -2.28. The highest BCUT2D eigenvalue weighted by atomic mass is 15.0. The van der Waals surface area contributed by atoms with Gasteiger partial charge in [-0.3, -0.25) is 5.41 Å². The molecule has 0 aliphatic heterocycles. The normalized spacial score (nSPS) is 12.2. The Labute approximate surface area is 402 Å². The van der Waals surface area contributed by atoms with E-state index in [0.29, 0.717) is 6.54 Å². The number of benzene rings is 10. The second-order valence-electron chi connectivity index (χ2n) is 17.6. The van der Waals surface area contributed by atoms with Crippen molar-refractivity contribution in [2.45, 2.75) is 12.0 Å². The van der Waals surface area contributed by atoms with Gasteiger partial charge in [0.2, 0.25) is 0 Å². The smallest absolute Gasteiger partial charge is 0.122 e. The monoisotopic (exact) mass is 889 g/mol. The highest BCUT2D eigenvalue weighted by Crippen LogP contribution is 2.60. The summed E-state index contributed by atoms with van der Waals surface area (Å²) >= 11 is 0. The first kappa shape index (κ1) is 42.8. The summed E-state index contributed by atoms with van der Waals surface area (Å²) in [7, 11) is 2.24. The first-order valence-corrected chi connectivity index (χ1v) is 23.5. The maximum Gasteiger partial charge on any atom is 0.122 e. The Morgan fingerprint density at radius 3 is 1.61 bits per heavy atom. The molecule has 0 saturated carbocycles. The van der Waals surface area contributed by atoms with Gasteiger partial charge in [0.25, 0.3) is 0 Å². The third-order valence-corrected chi connectivity index (χ3v) is 13.7. The van der Waals surface area contributed by atoms with Gasteiger partial charge in [-0.2, -0.15) is 0 Å². The summed E-state index contributed by atoms with van der Waals surface area (Å²) in [5.74, 6) is 0.121. The van der Waals surface area contributed by atoms with E-state index in [4.69, 9.17) is 16.9 Å². The van der Waals surface area contributed by atoms with Gasteiger partial charge in [-0.05, 0) is 87.0 Å². The Hall–Kier alpha value is -8.77. The lowest BCUT2D eigenvalue weighted by atomic mass is 9.67. The molecule has 0 fully saturated rings. The molecule has 12 aromatic rings. The Morgan fingerprint density at radius 1 is 0.478 bits per heavy atom.